The first-order valence-electron chi connectivity index (χ1n) is 2.46. The maximum atomic E-state index is 8.86. The van der Waals surface area contributed by atoms with Gasteiger partial charge in [0.15, 0.2) is 0 Å². The van der Waals surface area contributed by atoms with Gasteiger partial charge in [-0.15, -0.1) is 0 Å². The molecule has 0 aromatic carbocycles. The third-order valence-corrected chi connectivity index (χ3v) is 0.951. The van der Waals surface area contributed by atoms with Gasteiger partial charge in [0, 0.05) is 6.07 Å². The molecule has 1 aromatic heterocycles. The summed E-state index contributed by atoms with van der Waals surface area (Å²) < 4.78 is 0.854. The lowest BCUT2D eigenvalue weighted by Crippen LogP contribution is -2.57. The minimum Gasteiger partial charge on any atom is -0.281 e. The number of pyridine rings is 1. The predicted octanol–water partition coefficient (Wildman–Crippen LogP) is -1.25. The summed E-state index contributed by atoms with van der Waals surface area (Å²) in [5.41, 5.74) is 0. The smallest absolute Gasteiger partial charge is 0.281 e. The van der Waals surface area contributed by atoms with Crippen molar-refractivity contribution in [2.45, 2.75) is 0 Å². The van der Waals surface area contributed by atoms with Gasteiger partial charge in [0.2, 0.25) is 6.20 Å². The first-order valence-corrected chi connectivity index (χ1v) is 2.46. The van der Waals surface area contributed by atoms with Crippen LogP contribution in [0, 0.1) is 0 Å². The number of nitrogens with zero attached hydrogens (tertiary/aromatic N) is 1. The zero-order valence-electron chi connectivity index (χ0n) is 4.82. The zero-order valence-corrected chi connectivity index (χ0v) is 4.82. The lowest BCUT2D eigenvalue weighted by molar-refractivity contribution is -0.920. The van der Waals surface area contributed by atoms with Crippen LogP contribution in [0.4, 0.5) is 0 Å². The summed E-state index contributed by atoms with van der Waals surface area (Å²) in [7, 11) is 0. The molecule has 0 bridgehead atoms. The number of quaternary nitrogens is 1. The van der Waals surface area contributed by atoms with Gasteiger partial charge >= 0.3 is 5.88 Å². The molecule has 0 unspecified atom stereocenters. The van der Waals surface area contributed by atoms with Gasteiger partial charge in [0.05, 0.1) is 10.8 Å². The lowest BCUT2D eigenvalue weighted by atomic mass is 10.5. The van der Waals surface area contributed by atoms with E-state index in [2.05, 4.69) is 10.7 Å². The summed E-state index contributed by atoms with van der Waals surface area (Å²) in [6, 6.07) is 5.03. The molecule has 0 spiro atoms. The SMILES string of the molecule is [NH3+]Oc1cccc[n+]1O. The third-order valence-electron chi connectivity index (χ3n) is 0.951. The van der Waals surface area contributed by atoms with Crippen LogP contribution in [0.5, 0.6) is 5.88 Å². The highest BCUT2D eigenvalue weighted by Crippen LogP contribution is 1.94. The molecule has 0 saturated carbocycles. The molecule has 1 heterocycles. The van der Waals surface area contributed by atoms with E-state index in [4.69, 9.17) is 5.21 Å². The largest absolute Gasteiger partial charge is 0.466 e. The number of hydrogen-bond acceptors (Lipinski definition) is 2. The molecule has 0 saturated heterocycles. The third kappa shape index (κ3) is 1.09. The molecular weight excluding hydrogens is 120 g/mol. The Kier molecular flexibility index (Phi) is 1.51. The summed E-state index contributed by atoms with van der Waals surface area (Å²) in [4.78, 5) is 4.51. The maximum absolute atomic E-state index is 8.86. The van der Waals surface area contributed by atoms with Crippen LogP contribution in [0.3, 0.4) is 0 Å². The topological polar surface area (TPSA) is 61.0 Å². The molecule has 4 heteroatoms. The van der Waals surface area contributed by atoms with E-state index in [1.54, 1.807) is 18.2 Å². The van der Waals surface area contributed by atoms with Crippen LogP contribution in [0.25, 0.3) is 0 Å². The number of rotatable bonds is 1. The maximum Gasteiger partial charge on any atom is 0.466 e. The zero-order chi connectivity index (χ0) is 6.69. The van der Waals surface area contributed by atoms with Gasteiger partial charge in [-0.3, -0.25) is 5.21 Å². The van der Waals surface area contributed by atoms with E-state index in [0.717, 1.165) is 4.73 Å². The molecule has 0 fully saturated rings. The standard InChI is InChI=1S/C5H8N2O2/c6-9-5-3-1-2-4-7(5)8/h1-4,8H,6H3/q+2. The van der Waals surface area contributed by atoms with Gasteiger partial charge in [-0.05, 0) is 6.07 Å². The van der Waals surface area contributed by atoms with Gasteiger partial charge in [-0.1, -0.05) is 0 Å². The van der Waals surface area contributed by atoms with E-state index >= 15 is 0 Å². The van der Waals surface area contributed by atoms with Crippen molar-refractivity contribution in [3.05, 3.63) is 24.4 Å². The normalized spacial score (nSPS) is 9.00. The minimum absolute atomic E-state index is 0.317. The molecule has 0 amide bonds. The molecule has 0 aliphatic carbocycles. The van der Waals surface area contributed by atoms with Crippen molar-refractivity contribution in [2.75, 3.05) is 0 Å². The quantitative estimate of drug-likeness (QED) is 0.282. The van der Waals surface area contributed by atoms with E-state index in [-0.39, 0.29) is 0 Å². The summed E-state index contributed by atoms with van der Waals surface area (Å²) in [5, 5.41) is 8.86. The highest BCUT2D eigenvalue weighted by Gasteiger charge is 2.07. The Balaban J connectivity index is 3.01. The molecule has 4 nitrogen and oxygen atoms in total. The molecule has 1 aromatic rings. The number of hydrogen-bond donors (Lipinski definition) is 2. The molecule has 9 heavy (non-hydrogen) atoms. The van der Waals surface area contributed by atoms with Crippen LogP contribution >= 0.6 is 0 Å². The van der Waals surface area contributed by atoms with E-state index in [9.17, 15) is 0 Å². The van der Waals surface area contributed by atoms with Crippen molar-refractivity contribution in [3.63, 3.8) is 0 Å². The Hall–Kier alpha value is -1.29. The first kappa shape index (κ1) is 5.84. The monoisotopic (exact) mass is 128 g/mol. The fraction of sp³-hybridized carbons (Fsp3) is 0. The van der Waals surface area contributed by atoms with Crippen LogP contribution in [-0.4, -0.2) is 5.21 Å². The minimum atomic E-state index is 0.317. The van der Waals surface area contributed by atoms with Crippen LogP contribution < -0.4 is 15.5 Å². The Morgan fingerprint density at radius 1 is 1.56 bits per heavy atom. The fourth-order valence-corrected chi connectivity index (χ4v) is 0.533. The van der Waals surface area contributed by atoms with Gasteiger partial charge in [-0.25, -0.2) is 4.84 Å². The number of aromatic nitrogens is 1. The van der Waals surface area contributed by atoms with Crippen molar-refractivity contribution < 1.29 is 20.7 Å². The first-order chi connectivity index (χ1) is 4.34. The Labute approximate surface area is 52.0 Å². The van der Waals surface area contributed by atoms with Crippen molar-refractivity contribution in [1.82, 2.24) is 0 Å². The van der Waals surface area contributed by atoms with E-state index < -0.39 is 0 Å². The summed E-state index contributed by atoms with van der Waals surface area (Å²) in [6.45, 7) is 0. The Morgan fingerprint density at radius 2 is 2.33 bits per heavy atom. The highest BCUT2D eigenvalue weighted by atomic mass is 16.6. The van der Waals surface area contributed by atoms with Gasteiger partial charge in [0.25, 0.3) is 0 Å². The van der Waals surface area contributed by atoms with E-state index in [1.807, 2.05) is 0 Å². The highest BCUT2D eigenvalue weighted by molar-refractivity contribution is 5.00. The van der Waals surface area contributed by atoms with Crippen LogP contribution in [0.15, 0.2) is 24.4 Å². The van der Waals surface area contributed by atoms with Crippen LogP contribution in [0.1, 0.15) is 0 Å². The summed E-state index contributed by atoms with van der Waals surface area (Å²) in [5.74, 6) is 3.45. The van der Waals surface area contributed by atoms with Gasteiger partial charge in [-0.2, -0.15) is 5.90 Å². The average molecular weight is 128 g/mol. The second-order valence-corrected chi connectivity index (χ2v) is 1.53. The molecule has 4 N–H and O–H groups in total. The molecule has 48 valence electrons. The lowest BCUT2D eigenvalue weighted by Gasteiger charge is -1.86. The second-order valence-electron chi connectivity index (χ2n) is 1.53. The predicted molar refractivity (Wildman–Crippen MR) is 27.3 cm³/mol. The molecule has 0 aliphatic rings. The summed E-state index contributed by atoms with van der Waals surface area (Å²) >= 11 is 0. The molecule has 0 radical (unpaired) electrons. The van der Waals surface area contributed by atoms with E-state index in [0.29, 0.717) is 5.88 Å². The molecule has 1 rings (SSSR count). The second kappa shape index (κ2) is 2.32. The van der Waals surface area contributed by atoms with Gasteiger partial charge in [0.1, 0.15) is 0 Å². The van der Waals surface area contributed by atoms with Crippen molar-refractivity contribution in [1.29, 1.82) is 0 Å². The van der Waals surface area contributed by atoms with E-state index in [1.165, 1.54) is 6.20 Å². The fourth-order valence-electron chi connectivity index (χ4n) is 0.533. The van der Waals surface area contributed by atoms with Crippen LogP contribution in [-0.2, 0) is 0 Å². The van der Waals surface area contributed by atoms with Crippen molar-refractivity contribution in [3.8, 4) is 5.88 Å². The Bertz CT molecular complexity index is 202. The average Bonchev–Trinajstić information content (AvgIpc) is 1.89. The molecular formula is C5H8N2O2+2. The van der Waals surface area contributed by atoms with Crippen molar-refractivity contribution in [2.24, 2.45) is 0 Å². The molecule has 0 atom stereocenters. The van der Waals surface area contributed by atoms with Gasteiger partial charge < -0.3 is 0 Å². The van der Waals surface area contributed by atoms with Crippen LogP contribution in [0.2, 0.25) is 0 Å². The summed E-state index contributed by atoms with van der Waals surface area (Å²) in [6.07, 6.45) is 1.46. The Morgan fingerprint density at radius 3 is 2.78 bits per heavy atom. The molecule has 0 aliphatic heterocycles. The van der Waals surface area contributed by atoms with Crippen molar-refractivity contribution >= 4 is 0 Å².